The molecule has 0 aromatic heterocycles. The lowest BCUT2D eigenvalue weighted by atomic mass is 10.1. The lowest BCUT2D eigenvalue weighted by molar-refractivity contribution is 0.0277. The molecule has 1 aromatic carbocycles. The molecule has 3 nitrogen and oxygen atoms in total. The highest BCUT2D eigenvalue weighted by molar-refractivity contribution is 5.85. The minimum absolute atomic E-state index is 0. The largest absolute Gasteiger partial charge is 0.399 e. The van der Waals surface area contributed by atoms with Gasteiger partial charge < -0.3 is 15.8 Å². The first kappa shape index (κ1) is 11.3. The van der Waals surface area contributed by atoms with E-state index in [4.69, 9.17) is 10.5 Å². The van der Waals surface area contributed by atoms with Crippen LogP contribution in [0.15, 0.2) is 24.3 Å². The third-order valence-electron chi connectivity index (χ3n) is 2.24. The van der Waals surface area contributed by atoms with Gasteiger partial charge in [0.15, 0.2) is 0 Å². The summed E-state index contributed by atoms with van der Waals surface area (Å²) in [7, 11) is 0. The highest BCUT2D eigenvalue weighted by Crippen LogP contribution is 2.19. The zero-order chi connectivity index (χ0) is 9.10. The van der Waals surface area contributed by atoms with Crippen molar-refractivity contribution in [3.63, 3.8) is 0 Å². The zero-order valence-electron chi connectivity index (χ0n) is 7.90. The van der Waals surface area contributed by atoms with Crippen LogP contribution in [0.1, 0.15) is 11.7 Å². The minimum Gasteiger partial charge on any atom is -0.399 e. The Kier molecular flexibility index (Phi) is 4.20. The smallest absolute Gasteiger partial charge is 0.0949 e. The number of hydrogen-bond acceptors (Lipinski definition) is 3. The molecule has 0 aliphatic carbocycles. The molecule has 0 saturated carbocycles. The van der Waals surface area contributed by atoms with Gasteiger partial charge in [0.2, 0.25) is 0 Å². The Morgan fingerprint density at radius 3 is 2.57 bits per heavy atom. The van der Waals surface area contributed by atoms with Crippen LogP contribution in [0.25, 0.3) is 0 Å². The van der Waals surface area contributed by atoms with Crippen molar-refractivity contribution < 1.29 is 4.74 Å². The van der Waals surface area contributed by atoms with Gasteiger partial charge in [0.05, 0.1) is 12.7 Å². The SMILES string of the molecule is Cl.Nc1ccc(C2CNCCO2)cc1. The standard InChI is InChI=1S/C10H14N2O.ClH/c11-9-3-1-8(2-4-9)10-7-12-5-6-13-10;/h1-4,10,12H,5-7,11H2;1H. The molecule has 3 N–H and O–H groups in total. The third kappa shape index (κ3) is 2.61. The molecular formula is C10H15ClN2O. The maximum absolute atomic E-state index is 5.60. The van der Waals surface area contributed by atoms with Gasteiger partial charge in [-0.2, -0.15) is 0 Å². The number of nitrogens with two attached hydrogens (primary N) is 1. The summed E-state index contributed by atoms with van der Waals surface area (Å²) in [6.07, 6.45) is 0.189. The van der Waals surface area contributed by atoms with E-state index in [0.29, 0.717) is 0 Å². The summed E-state index contributed by atoms with van der Waals surface area (Å²) in [6.45, 7) is 2.63. The number of halogens is 1. The average molecular weight is 215 g/mol. The highest BCUT2D eigenvalue weighted by atomic mass is 35.5. The first-order valence-electron chi connectivity index (χ1n) is 4.54. The van der Waals surface area contributed by atoms with E-state index in [1.165, 1.54) is 5.56 Å². The molecular weight excluding hydrogens is 200 g/mol. The first-order chi connectivity index (χ1) is 6.36. The van der Waals surface area contributed by atoms with E-state index in [1.807, 2.05) is 24.3 Å². The number of anilines is 1. The van der Waals surface area contributed by atoms with Gasteiger partial charge in [0, 0.05) is 18.8 Å². The summed E-state index contributed by atoms with van der Waals surface area (Å²) < 4.78 is 5.60. The highest BCUT2D eigenvalue weighted by Gasteiger charge is 2.14. The van der Waals surface area contributed by atoms with Crippen molar-refractivity contribution in [2.24, 2.45) is 0 Å². The van der Waals surface area contributed by atoms with Crippen molar-refractivity contribution in [2.45, 2.75) is 6.10 Å². The predicted octanol–water partition coefficient (Wildman–Crippen LogP) is 1.35. The van der Waals surface area contributed by atoms with E-state index >= 15 is 0 Å². The van der Waals surface area contributed by atoms with Gasteiger partial charge in [-0.25, -0.2) is 0 Å². The van der Waals surface area contributed by atoms with Crippen LogP contribution < -0.4 is 11.1 Å². The molecule has 1 aromatic rings. The lowest BCUT2D eigenvalue weighted by Gasteiger charge is -2.23. The van der Waals surface area contributed by atoms with Crippen LogP contribution in [-0.4, -0.2) is 19.7 Å². The monoisotopic (exact) mass is 214 g/mol. The van der Waals surface area contributed by atoms with E-state index < -0.39 is 0 Å². The topological polar surface area (TPSA) is 47.3 Å². The Bertz CT molecular complexity index is 270. The Morgan fingerprint density at radius 2 is 2.00 bits per heavy atom. The Morgan fingerprint density at radius 1 is 1.29 bits per heavy atom. The molecule has 2 rings (SSSR count). The van der Waals surface area contributed by atoms with E-state index in [9.17, 15) is 0 Å². The quantitative estimate of drug-likeness (QED) is 0.694. The molecule has 1 aliphatic rings. The summed E-state index contributed by atoms with van der Waals surface area (Å²) in [6, 6.07) is 7.86. The zero-order valence-corrected chi connectivity index (χ0v) is 8.72. The van der Waals surface area contributed by atoms with Crippen LogP contribution in [-0.2, 0) is 4.74 Å². The van der Waals surface area contributed by atoms with Crippen LogP contribution in [0.4, 0.5) is 5.69 Å². The van der Waals surface area contributed by atoms with Gasteiger partial charge in [-0.15, -0.1) is 12.4 Å². The summed E-state index contributed by atoms with van der Waals surface area (Å²) in [4.78, 5) is 0. The van der Waals surface area contributed by atoms with Crippen molar-refractivity contribution >= 4 is 18.1 Å². The van der Waals surface area contributed by atoms with Crippen molar-refractivity contribution in [3.05, 3.63) is 29.8 Å². The van der Waals surface area contributed by atoms with Crippen LogP contribution in [0.5, 0.6) is 0 Å². The Balaban J connectivity index is 0.000000980. The second-order valence-corrected chi connectivity index (χ2v) is 3.23. The molecule has 1 aliphatic heterocycles. The molecule has 0 spiro atoms. The van der Waals surface area contributed by atoms with E-state index in [1.54, 1.807) is 0 Å². The summed E-state index contributed by atoms with van der Waals surface area (Å²) in [5.41, 5.74) is 7.59. The molecule has 0 bridgehead atoms. The van der Waals surface area contributed by atoms with Gasteiger partial charge in [0.25, 0.3) is 0 Å². The first-order valence-corrected chi connectivity index (χ1v) is 4.54. The molecule has 1 fully saturated rings. The maximum atomic E-state index is 5.60. The van der Waals surface area contributed by atoms with Crippen LogP contribution in [0, 0.1) is 0 Å². The van der Waals surface area contributed by atoms with Crippen LogP contribution in [0.3, 0.4) is 0 Å². The minimum atomic E-state index is 0. The molecule has 14 heavy (non-hydrogen) atoms. The van der Waals surface area contributed by atoms with E-state index in [-0.39, 0.29) is 18.5 Å². The summed E-state index contributed by atoms with van der Waals surface area (Å²) in [5, 5.41) is 3.29. The predicted molar refractivity (Wildman–Crippen MR) is 59.7 cm³/mol. The van der Waals surface area contributed by atoms with Gasteiger partial charge in [0.1, 0.15) is 0 Å². The second-order valence-electron chi connectivity index (χ2n) is 3.23. The molecule has 0 radical (unpaired) electrons. The fourth-order valence-corrected chi connectivity index (χ4v) is 1.49. The van der Waals surface area contributed by atoms with Gasteiger partial charge in [-0.3, -0.25) is 0 Å². The number of hydrogen-bond donors (Lipinski definition) is 2. The molecule has 1 saturated heterocycles. The van der Waals surface area contributed by atoms with E-state index in [2.05, 4.69) is 5.32 Å². The number of nitrogen functional groups attached to an aromatic ring is 1. The molecule has 78 valence electrons. The van der Waals surface area contributed by atoms with Crippen LogP contribution >= 0.6 is 12.4 Å². The van der Waals surface area contributed by atoms with E-state index in [0.717, 1.165) is 25.4 Å². The molecule has 1 unspecified atom stereocenters. The molecule has 1 atom stereocenters. The third-order valence-corrected chi connectivity index (χ3v) is 2.24. The average Bonchev–Trinajstić information content (AvgIpc) is 2.20. The summed E-state index contributed by atoms with van der Waals surface area (Å²) >= 11 is 0. The van der Waals surface area contributed by atoms with Gasteiger partial charge >= 0.3 is 0 Å². The van der Waals surface area contributed by atoms with Crippen molar-refractivity contribution in [1.29, 1.82) is 0 Å². The fourth-order valence-electron chi connectivity index (χ4n) is 1.49. The van der Waals surface area contributed by atoms with Gasteiger partial charge in [-0.05, 0) is 17.7 Å². The Hall–Kier alpha value is -0.770. The number of morpholine rings is 1. The number of nitrogens with one attached hydrogen (secondary N) is 1. The molecule has 4 heteroatoms. The Labute approximate surface area is 90.0 Å². The fraction of sp³-hybridized carbons (Fsp3) is 0.400. The van der Waals surface area contributed by atoms with Crippen molar-refractivity contribution in [2.75, 3.05) is 25.4 Å². The number of benzene rings is 1. The normalized spacial score (nSPS) is 21.3. The lowest BCUT2D eigenvalue weighted by Crippen LogP contribution is -2.33. The van der Waals surface area contributed by atoms with Crippen molar-refractivity contribution in [1.82, 2.24) is 5.32 Å². The molecule has 0 amide bonds. The van der Waals surface area contributed by atoms with Gasteiger partial charge in [-0.1, -0.05) is 12.1 Å². The number of ether oxygens (including phenoxy) is 1. The second kappa shape index (κ2) is 5.20. The molecule has 1 heterocycles. The van der Waals surface area contributed by atoms with Crippen LogP contribution in [0.2, 0.25) is 0 Å². The maximum Gasteiger partial charge on any atom is 0.0949 e. The summed E-state index contributed by atoms with van der Waals surface area (Å²) in [5.74, 6) is 0. The number of rotatable bonds is 1. The van der Waals surface area contributed by atoms with Crippen molar-refractivity contribution in [3.8, 4) is 0 Å².